The van der Waals surface area contributed by atoms with Crippen molar-refractivity contribution in [1.82, 2.24) is 9.80 Å². The Morgan fingerprint density at radius 3 is 2.76 bits per heavy atom. The summed E-state index contributed by atoms with van der Waals surface area (Å²) in [5.74, 6) is 0.425. The maximum Gasteiger partial charge on any atom is 0.239 e. The van der Waals surface area contributed by atoms with Crippen molar-refractivity contribution >= 4 is 5.91 Å². The lowest BCUT2D eigenvalue weighted by molar-refractivity contribution is -0.134. The molecule has 0 radical (unpaired) electrons. The molecular formula is C17H23FN2O. The van der Waals surface area contributed by atoms with Gasteiger partial charge in [-0.05, 0) is 56.3 Å². The number of carbonyl (C=O) groups excluding carboxylic acids is 1. The number of carbonyl (C=O) groups is 1. The van der Waals surface area contributed by atoms with Gasteiger partial charge in [-0.2, -0.15) is 0 Å². The van der Waals surface area contributed by atoms with Gasteiger partial charge < -0.3 is 4.90 Å². The molecule has 2 atom stereocenters. The van der Waals surface area contributed by atoms with Crippen LogP contribution >= 0.6 is 0 Å². The lowest BCUT2D eigenvalue weighted by Gasteiger charge is -2.27. The molecule has 3 nitrogen and oxygen atoms in total. The van der Waals surface area contributed by atoms with E-state index in [0.717, 1.165) is 51.0 Å². The summed E-state index contributed by atoms with van der Waals surface area (Å²) in [7, 11) is 0. The van der Waals surface area contributed by atoms with Gasteiger partial charge in [-0.3, -0.25) is 9.69 Å². The number of hydrogen-bond acceptors (Lipinski definition) is 2. The molecule has 0 unspecified atom stereocenters. The molecule has 4 heteroatoms. The van der Waals surface area contributed by atoms with Crippen molar-refractivity contribution in [3.63, 3.8) is 0 Å². The van der Waals surface area contributed by atoms with Crippen LogP contribution in [0.3, 0.4) is 0 Å². The van der Waals surface area contributed by atoms with E-state index < -0.39 is 0 Å². The number of rotatable bonds is 3. The van der Waals surface area contributed by atoms with Gasteiger partial charge in [-0.15, -0.1) is 0 Å². The van der Waals surface area contributed by atoms with E-state index in [1.54, 1.807) is 12.1 Å². The molecule has 0 aliphatic carbocycles. The predicted molar refractivity (Wildman–Crippen MR) is 80.6 cm³/mol. The molecule has 2 aliphatic heterocycles. The number of likely N-dealkylation sites (tertiary alicyclic amines) is 2. The summed E-state index contributed by atoms with van der Waals surface area (Å²) in [6, 6.07) is 6.81. The van der Waals surface area contributed by atoms with Crippen molar-refractivity contribution in [2.24, 2.45) is 0 Å². The normalized spacial score (nSPS) is 24.5. The highest BCUT2D eigenvalue weighted by molar-refractivity contribution is 5.81. The molecule has 0 N–H and O–H groups in total. The zero-order chi connectivity index (χ0) is 14.8. The minimum absolute atomic E-state index is 0.0540. The predicted octanol–water partition coefficient (Wildman–Crippen LogP) is 2.63. The lowest BCUT2D eigenvalue weighted by atomic mass is 9.98. The Bertz CT molecular complexity index is 513. The van der Waals surface area contributed by atoms with Crippen molar-refractivity contribution in [3.05, 3.63) is 35.6 Å². The van der Waals surface area contributed by atoms with E-state index in [2.05, 4.69) is 4.90 Å². The van der Waals surface area contributed by atoms with Crippen molar-refractivity contribution in [3.8, 4) is 0 Å². The Balaban J connectivity index is 1.62. The summed E-state index contributed by atoms with van der Waals surface area (Å²) in [5.41, 5.74) is 1.05. The first-order valence-electron chi connectivity index (χ1n) is 7.93. The Morgan fingerprint density at radius 1 is 1.29 bits per heavy atom. The average molecular weight is 290 g/mol. The zero-order valence-electron chi connectivity index (χ0n) is 12.6. The van der Waals surface area contributed by atoms with Crippen molar-refractivity contribution < 1.29 is 9.18 Å². The first kappa shape index (κ1) is 14.5. The molecule has 2 fully saturated rings. The fraction of sp³-hybridized carbons (Fsp3) is 0.588. The van der Waals surface area contributed by atoms with Crippen LogP contribution in [0.15, 0.2) is 24.3 Å². The van der Waals surface area contributed by atoms with E-state index in [4.69, 9.17) is 0 Å². The molecule has 0 bridgehead atoms. The first-order valence-corrected chi connectivity index (χ1v) is 7.93. The van der Waals surface area contributed by atoms with Gasteiger partial charge in [0.15, 0.2) is 0 Å². The Kier molecular flexibility index (Phi) is 4.24. The molecule has 1 aromatic rings. The lowest BCUT2D eigenvalue weighted by Crippen LogP contribution is -2.45. The summed E-state index contributed by atoms with van der Waals surface area (Å²) in [6.45, 7) is 5.59. The topological polar surface area (TPSA) is 23.6 Å². The van der Waals surface area contributed by atoms with Gasteiger partial charge in [0.05, 0.1) is 6.04 Å². The van der Waals surface area contributed by atoms with Crippen molar-refractivity contribution in [2.75, 3.05) is 26.2 Å². The van der Waals surface area contributed by atoms with E-state index in [0.29, 0.717) is 5.92 Å². The molecule has 2 aliphatic rings. The standard InChI is InChI=1S/C17H23FN2O/c1-13(17(21)19-8-2-3-9-19)20-10-7-15(12-20)14-5-4-6-16(18)11-14/h4-6,11,13,15H,2-3,7-10,12H2,1H3/t13-,15+/m1/s1. The number of halogens is 1. The maximum absolute atomic E-state index is 13.3. The molecule has 0 aromatic heterocycles. The number of benzene rings is 1. The second-order valence-electron chi connectivity index (χ2n) is 6.24. The quantitative estimate of drug-likeness (QED) is 0.854. The van der Waals surface area contributed by atoms with Crippen molar-refractivity contribution in [2.45, 2.75) is 38.1 Å². The molecule has 0 spiro atoms. The molecule has 2 heterocycles. The molecule has 1 aromatic carbocycles. The summed E-state index contributed by atoms with van der Waals surface area (Å²) in [5, 5.41) is 0. The van der Waals surface area contributed by atoms with Gasteiger partial charge in [0.25, 0.3) is 0 Å². The van der Waals surface area contributed by atoms with Gasteiger partial charge in [0.2, 0.25) is 5.91 Å². The molecule has 3 rings (SSSR count). The van der Waals surface area contributed by atoms with Crippen LogP contribution in [-0.2, 0) is 4.79 Å². The highest BCUT2D eigenvalue weighted by atomic mass is 19.1. The molecule has 0 saturated carbocycles. The SMILES string of the molecule is C[C@H](C(=O)N1CCCC1)N1CC[C@H](c2cccc(F)c2)C1. The Morgan fingerprint density at radius 2 is 2.05 bits per heavy atom. The fourth-order valence-electron chi connectivity index (χ4n) is 3.53. The van der Waals surface area contributed by atoms with E-state index >= 15 is 0 Å². The van der Waals surface area contributed by atoms with Crippen LogP contribution in [0.5, 0.6) is 0 Å². The van der Waals surface area contributed by atoms with Crippen molar-refractivity contribution in [1.29, 1.82) is 0 Å². The number of hydrogen-bond donors (Lipinski definition) is 0. The number of nitrogens with zero attached hydrogens (tertiary/aromatic N) is 2. The molecular weight excluding hydrogens is 267 g/mol. The smallest absolute Gasteiger partial charge is 0.239 e. The Labute approximate surface area is 125 Å². The van der Waals surface area contributed by atoms with Gasteiger partial charge in [-0.25, -0.2) is 4.39 Å². The van der Waals surface area contributed by atoms with Crippen LogP contribution in [-0.4, -0.2) is 47.9 Å². The highest BCUT2D eigenvalue weighted by Crippen LogP contribution is 2.29. The highest BCUT2D eigenvalue weighted by Gasteiger charge is 2.33. The summed E-state index contributed by atoms with van der Waals surface area (Å²) >= 11 is 0. The fourth-order valence-corrected chi connectivity index (χ4v) is 3.53. The molecule has 2 saturated heterocycles. The second-order valence-corrected chi connectivity index (χ2v) is 6.24. The molecule has 1 amide bonds. The van der Waals surface area contributed by atoms with Gasteiger partial charge in [0.1, 0.15) is 5.82 Å². The first-order chi connectivity index (χ1) is 10.1. The second kappa shape index (κ2) is 6.14. The van der Waals surface area contributed by atoms with E-state index in [9.17, 15) is 9.18 Å². The molecule has 21 heavy (non-hydrogen) atoms. The van der Waals surface area contributed by atoms with Crippen LogP contribution in [0.1, 0.15) is 37.7 Å². The van der Waals surface area contributed by atoms with Gasteiger partial charge >= 0.3 is 0 Å². The van der Waals surface area contributed by atoms with Crippen LogP contribution in [0.4, 0.5) is 4.39 Å². The minimum atomic E-state index is -0.174. The molecule has 114 valence electrons. The van der Waals surface area contributed by atoms with E-state index in [1.807, 2.05) is 17.9 Å². The largest absolute Gasteiger partial charge is 0.341 e. The summed E-state index contributed by atoms with van der Waals surface area (Å²) in [6.07, 6.45) is 3.26. The van der Waals surface area contributed by atoms with Crippen LogP contribution in [0.25, 0.3) is 0 Å². The van der Waals surface area contributed by atoms with Crippen LogP contribution < -0.4 is 0 Å². The van der Waals surface area contributed by atoms with Crippen LogP contribution in [0, 0.1) is 5.82 Å². The van der Waals surface area contributed by atoms with E-state index in [1.165, 1.54) is 6.07 Å². The Hall–Kier alpha value is -1.42. The van der Waals surface area contributed by atoms with Crippen LogP contribution in [0.2, 0.25) is 0 Å². The number of amides is 1. The average Bonchev–Trinajstić information content (AvgIpc) is 3.17. The zero-order valence-corrected chi connectivity index (χ0v) is 12.6. The summed E-state index contributed by atoms with van der Waals surface area (Å²) in [4.78, 5) is 16.7. The summed E-state index contributed by atoms with van der Waals surface area (Å²) < 4.78 is 13.3. The van der Waals surface area contributed by atoms with E-state index in [-0.39, 0.29) is 17.8 Å². The van der Waals surface area contributed by atoms with Gasteiger partial charge in [-0.1, -0.05) is 12.1 Å². The van der Waals surface area contributed by atoms with Gasteiger partial charge in [0, 0.05) is 19.6 Å². The third kappa shape index (κ3) is 3.10. The minimum Gasteiger partial charge on any atom is -0.341 e. The monoisotopic (exact) mass is 290 g/mol. The maximum atomic E-state index is 13.3. The third-order valence-electron chi connectivity index (χ3n) is 4.86. The third-order valence-corrected chi connectivity index (χ3v) is 4.86.